The SMILES string of the molecule is C[C@@]12CC[C@H]3C[C@]1(C(=O)Nc1cccnc1)OC[C@]32C. The largest absolute Gasteiger partial charge is 0.364 e. The van der Waals surface area contributed by atoms with Crippen LogP contribution < -0.4 is 5.32 Å². The van der Waals surface area contributed by atoms with Crippen LogP contribution in [0.3, 0.4) is 0 Å². The van der Waals surface area contributed by atoms with Crippen molar-refractivity contribution in [2.24, 2.45) is 16.7 Å². The zero-order valence-electron chi connectivity index (χ0n) is 12.0. The first kappa shape index (κ1) is 12.3. The van der Waals surface area contributed by atoms with E-state index in [0.29, 0.717) is 12.5 Å². The molecule has 0 radical (unpaired) electrons. The Bertz CT molecular complexity index is 575. The molecule has 2 heterocycles. The van der Waals surface area contributed by atoms with Crippen LogP contribution in [0.4, 0.5) is 5.69 Å². The Morgan fingerprint density at radius 3 is 3.00 bits per heavy atom. The summed E-state index contributed by atoms with van der Waals surface area (Å²) in [7, 11) is 0. The van der Waals surface area contributed by atoms with Crippen LogP contribution in [0.15, 0.2) is 24.5 Å². The molecule has 0 unspecified atom stereocenters. The average Bonchev–Trinajstić information content (AvgIpc) is 2.92. The number of nitrogens with zero attached hydrogens (tertiary/aromatic N) is 1. The van der Waals surface area contributed by atoms with E-state index in [9.17, 15) is 4.79 Å². The number of rotatable bonds is 2. The third kappa shape index (κ3) is 1.17. The molecule has 1 aromatic heterocycles. The predicted molar refractivity (Wildman–Crippen MR) is 75.1 cm³/mol. The van der Waals surface area contributed by atoms with E-state index in [2.05, 4.69) is 24.1 Å². The number of pyridine rings is 1. The van der Waals surface area contributed by atoms with E-state index in [0.717, 1.165) is 18.5 Å². The summed E-state index contributed by atoms with van der Waals surface area (Å²) in [5.74, 6) is 0.639. The van der Waals surface area contributed by atoms with Crippen molar-refractivity contribution >= 4 is 11.6 Å². The Morgan fingerprint density at radius 1 is 1.50 bits per heavy atom. The van der Waals surface area contributed by atoms with Gasteiger partial charge in [0.05, 0.1) is 18.5 Å². The monoisotopic (exact) mass is 272 g/mol. The van der Waals surface area contributed by atoms with Crippen molar-refractivity contribution in [2.45, 2.75) is 38.7 Å². The van der Waals surface area contributed by atoms with E-state index in [4.69, 9.17) is 4.74 Å². The summed E-state index contributed by atoms with van der Waals surface area (Å²) >= 11 is 0. The number of hydrogen-bond acceptors (Lipinski definition) is 3. The number of aromatic nitrogens is 1. The lowest BCUT2D eigenvalue weighted by Crippen LogP contribution is -2.52. The van der Waals surface area contributed by atoms with Gasteiger partial charge in [0.2, 0.25) is 0 Å². The second-order valence-electron chi connectivity index (χ2n) is 7.00. The van der Waals surface area contributed by atoms with Crippen LogP contribution in [0.25, 0.3) is 0 Å². The molecule has 0 spiro atoms. The third-order valence-corrected chi connectivity index (χ3v) is 6.48. The van der Waals surface area contributed by atoms with Gasteiger partial charge in [0.25, 0.3) is 5.91 Å². The van der Waals surface area contributed by atoms with E-state index >= 15 is 0 Å². The van der Waals surface area contributed by atoms with E-state index in [-0.39, 0.29) is 16.7 Å². The van der Waals surface area contributed by atoms with Gasteiger partial charge in [-0.15, -0.1) is 0 Å². The van der Waals surface area contributed by atoms with Crippen LogP contribution in [-0.2, 0) is 9.53 Å². The molecule has 1 amide bonds. The first-order chi connectivity index (χ1) is 9.52. The molecule has 1 aliphatic heterocycles. The van der Waals surface area contributed by atoms with E-state index in [1.807, 2.05) is 12.1 Å². The molecule has 4 rings (SSSR count). The third-order valence-electron chi connectivity index (χ3n) is 6.48. The Hall–Kier alpha value is -1.42. The summed E-state index contributed by atoms with van der Waals surface area (Å²) in [6.45, 7) is 5.27. The number of amides is 1. The predicted octanol–water partition coefficient (Wildman–Crippen LogP) is 2.62. The van der Waals surface area contributed by atoms with Gasteiger partial charge in [-0.25, -0.2) is 0 Å². The molecule has 0 aromatic carbocycles. The summed E-state index contributed by atoms with van der Waals surface area (Å²) in [5.41, 5.74) is 0.243. The molecule has 20 heavy (non-hydrogen) atoms. The molecule has 4 atom stereocenters. The highest BCUT2D eigenvalue weighted by atomic mass is 16.5. The maximum Gasteiger partial charge on any atom is 0.257 e. The molecule has 4 nitrogen and oxygen atoms in total. The first-order valence-electron chi connectivity index (χ1n) is 7.37. The Morgan fingerprint density at radius 2 is 2.35 bits per heavy atom. The molecule has 4 heteroatoms. The van der Waals surface area contributed by atoms with Gasteiger partial charge in [-0.3, -0.25) is 9.78 Å². The Kier molecular flexibility index (Phi) is 2.23. The smallest absolute Gasteiger partial charge is 0.257 e. The number of hydrogen-bond donors (Lipinski definition) is 1. The molecule has 4 bridgehead atoms. The molecule has 2 aliphatic carbocycles. The fourth-order valence-electron chi connectivity index (χ4n) is 4.93. The standard InChI is InChI=1S/C16H20N2O2/c1-14-10-20-16(8-11(14)5-6-15(14,16)2)13(19)18-12-4-3-7-17-9-12/h3-4,7,9,11H,5-6,8,10H2,1-2H3,(H,18,19)/t11-,14+,15-,16+/m0/s1. The molecule has 3 aliphatic rings. The highest BCUT2D eigenvalue weighted by molar-refractivity contribution is 5.99. The van der Waals surface area contributed by atoms with Crippen LogP contribution in [0.5, 0.6) is 0 Å². The molecule has 2 saturated carbocycles. The zero-order valence-corrected chi connectivity index (χ0v) is 12.0. The lowest BCUT2D eigenvalue weighted by Gasteiger charge is -2.39. The molecular formula is C16H20N2O2. The Labute approximate surface area is 118 Å². The number of carbonyl (C=O) groups is 1. The first-order valence-corrected chi connectivity index (χ1v) is 7.37. The van der Waals surface area contributed by atoms with Crippen molar-refractivity contribution < 1.29 is 9.53 Å². The van der Waals surface area contributed by atoms with E-state index in [1.165, 1.54) is 6.42 Å². The van der Waals surface area contributed by atoms with Gasteiger partial charge in [0.1, 0.15) is 0 Å². The van der Waals surface area contributed by atoms with Gasteiger partial charge in [-0.2, -0.15) is 0 Å². The lowest BCUT2D eigenvalue weighted by atomic mass is 9.66. The molecule has 1 saturated heterocycles. The van der Waals surface area contributed by atoms with E-state index < -0.39 is 5.60 Å². The topological polar surface area (TPSA) is 51.2 Å². The molecule has 106 valence electrons. The number of ether oxygens (including phenoxy) is 1. The van der Waals surface area contributed by atoms with Crippen molar-refractivity contribution in [1.82, 2.24) is 4.98 Å². The van der Waals surface area contributed by atoms with Crippen molar-refractivity contribution in [2.75, 3.05) is 11.9 Å². The van der Waals surface area contributed by atoms with E-state index in [1.54, 1.807) is 12.4 Å². The van der Waals surface area contributed by atoms with Gasteiger partial charge >= 0.3 is 0 Å². The average molecular weight is 272 g/mol. The van der Waals surface area contributed by atoms with Crippen LogP contribution in [0, 0.1) is 16.7 Å². The van der Waals surface area contributed by atoms with Crippen LogP contribution in [0.2, 0.25) is 0 Å². The van der Waals surface area contributed by atoms with Crippen molar-refractivity contribution in [3.05, 3.63) is 24.5 Å². The number of anilines is 1. The van der Waals surface area contributed by atoms with Gasteiger partial charge in [-0.05, 0) is 37.3 Å². The van der Waals surface area contributed by atoms with Crippen LogP contribution in [0.1, 0.15) is 33.1 Å². The number of carbonyl (C=O) groups excluding carboxylic acids is 1. The molecule has 3 fully saturated rings. The fourth-order valence-corrected chi connectivity index (χ4v) is 4.93. The zero-order chi connectivity index (χ0) is 14.0. The highest BCUT2D eigenvalue weighted by Gasteiger charge is 2.78. The summed E-state index contributed by atoms with van der Waals surface area (Å²) in [6.07, 6.45) is 6.58. The minimum Gasteiger partial charge on any atom is -0.364 e. The summed E-state index contributed by atoms with van der Waals surface area (Å²) < 4.78 is 6.08. The van der Waals surface area contributed by atoms with Crippen molar-refractivity contribution in [1.29, 1.82) is 0 Å². The lowest BCUT2D eigenvalue weighted by molar-refractivity contribution is -0.149. The fraction of sp³-hybridized carbons (Fsp3) is 0.625. The molecular weight excluding hydrogens is 252 g/mol. The second kappa shape index (κ2) is 3.61. The normalized spacial score (nSPS) is 44.8. The maximum atomic E-state index is 12.9. The maximum absolute atomic E-state index is 12.9. The van der Waals surface area contributed by atoms with Crippen LogP contribution >= 0.6 is 0 Å². The number of nitrogens with one attached hydrogen (secondary N) is 1. The van der Waals surface area contributed by atoms with Crippen molar-refractivity contribution in [3.63, 3.8) is 0 Å². The van der Waals surface area contributed by atoms with Gasteiger partial charge in [-0.1, -0.05) is 13.8 Å². The minimum atomic E-state index is -0.638. The van der Waals surface area contributed by atoms with Gasteiger partial charge in [0, 0.05) is 17.0 Å². The second-order valence-corrected chi connectivity index (χ2v) is 7.00. The molecule has 1 N–H and O–H groups in total. The minimum absolute atomic E-state index is 0.0129. The summed E-state index contributed by atoms with van der Waals surface area (Å²) in [5, 5.41) is 3.00. The highest BCUT2D eigenvalue weighted by Crippen LogP contribution is 2.75. The van der Waals surface area contributed by atoms with Crippen LogP contribution in [-0.4, -0.2) is 23.1 Å². The summed E-state index contributed by atoms with van der Waals surface area (Å²) in [6, 6.07) is 3.70. The molecule has 1 aromatic rings. The van der Waals surface area contributed by atoms with Gasteiger partial charge < -0.3 is 10.1 Å². The Balaban J connectivity index is 1.68. The van der Waals surface area contributed by atoms with Gasteiger partial charge in [0.15, 0.2) is 5.60 Å². The van der Waals surface area contributed by atoms with Crippen molar-refractivity contribution in [3.8, 4) is 0 Å². The quantitative estimate of drug-likeness (QED) is 0.900. The summed E-state index contributed by atoms with van der Waals surface area (Å²) in [4.78, 5) is 16.9.